The molecule has 0 aromatic heterocycles. The molecule has 2 aromatic carbocycles. The van der Waals surface area contributed by atoms with Gasteiger partial charge in [-0.3, -0.25) is 4.79 Å². The Hall–Kier alpha value is -2.16. The van der Waals surface area contributed by atoms with Gasteiger partial charge in [0.05, 0.1) is 17.7 Å². The van der Waals surface area contributed by atoms with E-state index in [1.807, 2.05) is 42.3 Å². The van der Waals surface area contributed by atoms with Crippen molar-refractivity contribution in [2.24, 2.45) is 4.99 Å². The van der Waals surface area contributed by atoms with E-state index in [2.05, 4.69) is 4.99 Å². The van der Waals surface area contributed by atoms with Crippen molar-refractivity contribution in [1.29, 1.82) is 0 Å². The lowest BCUT2D eigenvalue weighted by Crippen LogP contribution is -2.16. The number of carbonyl (C=O) groups excluding carboxylic acids is 1. The van der Waals surface area contributed by atoms with Gasteiger partial charge >= 0.3 is 0 Å². The number of benzene rings is 2. The second-order valence-corrected chi connectivity index (χ2v) is 3.85. The molecule has 0 saturated carbocycles. The second-order valence-electron chi connectivity index (χ2n) is 3.85. The van der Waals surface area contributed by atoms with Crippen LogP contribution in [0.3, 0.4) is 0 Å². The molecule has 1 aliphatic heterocycles. The van der Waals surface area contributed by atoms with Gasteiger partial charge in [-0.25, -0.2) is 4.99 Å². The van der Waals surface area contributed by atoms with E-state index < -0.39 is 0 Å². The summed E-state index contributed by atoms with van der Waals surface area (Å²) in [7, 11) is 1.95. The van der Waals surface area contributed by atoms with Crippen LogP contribution in [0.2, 0.25) is 0 Å². The van der Waals surface area contributed by atoms with E-state index >= 15 is 0 Å². The molecule has 3 heteroatoms. The molecule has 3 nitrogen and oxygen atoms in total. The van der Waals surface area contributed by atoms with Gasteiger partial charge in [-0.05, 0) is 23.6 Å². The van der Waals surface area contributed by atoms with Crippen molar-refractivity contribution in [3.63, 3.8) is 0 Å². The van der Waals surface area contributed by atoms with Crippen molar-refractivity contribution in [1.82, 2.24) is 0 Å². The lowest BCUT2D eigenvalue weighted by atomic mass is 10.0. The van der Waals surface area contributed by atoms with Crippen molar-refractivity contribution in [2.75, 3.05) is 11.9 Å². The lowest BCUT2D eigenvalue weighted by Gasteiger charge is -2.21. The van der Waals surface area contributed by atoms with E-state index in [-0.39, 0.29) is 0 Å². The average molecular weight is 210 g/mol. The minimum absolute atomic E-state index is 0.714. The summed E-state index contributed by atoms with van der Waals surface area (Å²) in [6.45, 7) is 0. The van der Waals surface area contributed by atoms with Crippen LogP contribution in [0.5, 0.6) is 0 Å². The van der Waals surface area contributed by atoms with E-state index in [4.69, 9.17) is 0 Å². The molecule has 0 bridgehead atoms. The SMILES string of the molecule is CN1C=Nc2cccc3c(C=O)ccc1c23. The first-order valence-electron chi connectivity index (χ1n) is 5.09. The van der Waals surface area contributed by atoms with Gasteiger partial charge in [-0.2, -0.15) is 0 Å². The maximum atomic E-state index is 11.0. The first-order valence-corrected chi connectivity index (χ1v) is 5.09. The highest BCUT2D eigenvalue weighted by molar-refractivity contribution is 6.13. The summed E-state index contributed by atoms with van der Waals surface area (Å²) >= 11 is 0. The normalized spacial score (nSPS) is 13.2. The molecule has 0 amide bonds. The first-order chi connectivity index (χ1) is 7.81. The Balaban J connectivity index is 2.51. The maximum absolute atomic E-state index is 11.0. The summed E-state index contributed by atoms with van der Waals surface area (Å²) in [6.07, 6.45) is 2.68. The Kier molecular flexibility index (Phi) is 1.80. The summed E-state index contributed by atoms with van der Waals surface area (Å²) in [5.74, 6) is 0. The zero-order valence-electron chi connectivity index (χ0n) is 8.84. The number of anilines is 1. The standard InChI is InChI=1S/C13H10N2O/c1-15-8-14-11-4-2-3-10-9(7-16)5-6-12(15)13(10)11/h2-8H,1H3. The molecule has 0 unspecified atom stereocenters. The number of rotatable bonds is 1. The van der Waals surface area contributed by atoms with Crippen LogP contribution in [-0.4, -0.2) is 19.7 Å². The van der Waals surface area contributed by atoms with Crippen LogP contribution in [0.1, 0.15) is 10.4 Å². The highest BCUT2D eigenvalue weighted by Gasteiger charge is 2.14. The molecule has 1 heterocycles. The number of aliphatic imine (C=N–C) groups is 1. The Morgan fingerprint density at radius 1 is 1.25 bits per heavy atom. The van der Waals surface area contributed by atoms with Gasteiger partial charge in [0, 0.05) is 18.0 Å². The highest BCUT2D eigenvalue weighted by atomic mass is 16.1. The smallest absolute Gasteiger partial charge is 0.150 e. The molecule has 2 aromatic rings. The lowest BCUT2D eigenvalue weighted by molar-refractivity contribution is 0.112. The minimum Gasteiger partial charge on any atom is -0.335 e. The van der Waals surface area contributed by atoms with Crippen LogP contribution < -0.4 is 4.90 Å². The fourth-order valence-corrected chi connectivity index (χ4v) is 2.11. The molecule has 0 aliphatic carbocycles. The van der Waals surface area contributed by atoms with Crippen molar-refractivity contribution in [3.8, 4) is 0 Å². The molecule has 0 atom stereocenters. The average Bonchev–Trinajstić information content (AvgIpc) is 2.34. The quantitative estimate of drug-likeness (QED) is 0.678. The molecular formula is C13H10N2O. The van der Waals surface area contributed by atoms with E-state index in [0.717, 1.165) is 28.4 Å². The van der Waals surface area contributed by atoms with Gasteiger partial charge in [0.25, 0.3) is 0 Å². The van der Waals surface area contributed by atoms with Gasteiger partial charge in [-0.1, -0.05) is 12.1 Å². The Morgan fingerprint density at radius 3 is 2.94 bits per heavy atom. The summed E-state index contributed by atoms with van der Waals surface area (Å²) in [4.78, 5) is 17.3. The van der Waals surface area contributed by atoms with E-state index in [9.17, 15) is 4.79 Å². The van der Waals surface area contributed by atoms with Crippen LogP contribution >= 0.6 is 0 Å². The predicted molar refractivity (Wildman–Crippen MR) is 65.9 cm³/mol. The first kappa shape index (κ1) is 9.09. The van der Waals surface area contributed by atoms with Gasteiger partial charge < -0.3 is 4.90 Å². The van der Waals surface area contributed by atoms with Crippen molar-refractivity contribution < 1.29 is 4.79 Å². The molecular weight excluding hydrogens is 200 g/mol. The molecule has 16 heavy (non-hydrogen) atoms. The molecule has 1 aliphatic rings. The molecule has 0 radical (unpaired) electrons. The van der Waals surface area contributed by atoms with E-state index in [1.54, 1.807) is 6.34 Å². The summed E-state index contributed by atoms with van der Waals surface area (Å²) < 4.78 is 0. The Morgan fingerprint density at radius 2 is 2.12 bits per heavy atom. The van der Waals surface area contributed by atoms with Crippen molar-refractivity contribution in [2.45, 2.75) is 0 Å². The largest absolute Gasteiger partial charge is 0.335 e. The van der Waals surface area contributed by atoms with Gasteiger partial charge in [0.1, 0.15) is 0 Å². The van der Waals surface area contributed by atoms with E-state index in [1.165, 1.54) is 0 Å². The molecule has 0 N–H and O–H groups in total. The molecule has 0 saturated heterocycles. The maximum Gasteiger partial charge on any atom is 0.150 e. The minimum atomic E-state index is 0.714. The van der Waals surface area contributed by atoms with Crippen LogP contribution in [0.4, 0.5) is 11.4 Å². The molecule has 3 rings (SSSR count). The van der Waals surface area contributed by atoms with Gasteiger partial charge in [-0.15, -0.1) is 0 Å². The van der Waals surface area contributed by atoms with Crippen molar-refractivity contribution >= 4 is 34.8 Å². The van der Waals surface area contributed by atoms with Crippen molar-refractivity contribution in [3.05, 3.63) is 35.9 Å². The Bertz CT molecular complexity index is 617. The van der Waals surface area contributed by atoms with Crippen LogP contribution in [-0.2, 0) is 0 Å². The van der Waals surface area contributed by atoms with Gasteiger partial charge in [0.2, 0.25) is 0 Å². The Labute approximate surface area is 93.0 Å². The summed E-state index contributed by atoms with van der Waals surface area (Å²) in [6, 6.07) is 9.66. The fraction of sp³-hybridized carbons (Fsp3) is 0.0769. The molecule has 78 valence electrons. The molecule has 0 spiro atoms. The monoisotopic (exact) mass is 210 g/mol. The number of hydrogen-bond donors (Lipinski definition) is 0. The fourth-order valence-electron chi connectivity index (χ4n) is 2.11. The van der Waals surface area contributed by atoms with Crippen LogP contribution in [0, 0.1) is 0 Å². The predicted octanol–water partition coefficient (Wildman–Crippen LogP) is 2.76. The zero-order chi connectivity index (χ0) is 11.1. The van der Waals surface area contributed by atoms with Crippen LogP contribution in [0.15, 0.2) is 35.3 Å². The number of hydrogen-bond acceptors (Lipinski definition) is 3. The number of aldehydes is 1. The third-order valence-electron chi connectivity index (χ3n) is 2.91. The second kappa shape index (κ2) is 3.17. The number of carbonyl (C=O) groups is 1. The summed E-state index contributed by atoms with van der Waals surface area (Å²) in [5, 5.41) is 2.02. The zero-order valence-corrected chi connectivity index (χ0v) is 8.84. The van der Waals surface area contributed by atoms with Gasteiger partial charge in [0.15, 0.2) is 6.29 Å². The topological polar surface area (TPSA) is 32.7 Å². The third kappa shape index (κ3) is 1.08. The third-order valence-corrected chi connectivity index (χ3v) is 2.91. The van der Waals surface area contributed by atoms with E-state index in [0.29, 0.717) is 5.56 Å². The summed E-state index contributed by atoms with van der Waals surface area (Å²) in [5.41, 5.74) is 2.73. The molecule has 0 fully saturated rings. The van der Waals surface area contributed by atoms with Crippen LogP contribution in [0.25, 0.3) is 10.8 Å². The highest BCUT2D eigenvalue weighted by Crippen LogP contribution is 2.37. The number of nitrogens with zero attached hydrogens (tertiary/aromatic N) is 2.